The van der Waals surface area contributed by atoms with Gasteiger partial charge in [-0.05, 0) is 36.4 Å². The molecule has 0 amide bonds. The van der Waals surface area contributed by atoms with E-state index in [0.29, 0.717) is 5.57 Å². The largest absolute Gasteiger partial charge is 0.461 e. The molecule has 2 aromatic rings. The highest BCUT2D eigenvalue weighted by atomic mass is 32.2. The van der Waals surface area contributed by atoms with E-state index in [1.807, 2.05) is 60.9 Å². The second-order valence-electron chi connectivity index (χ2n) is 5.28. The molecular formula is C20H20O3S. The van der Waals surface area contributed by atoms with Gasteiger partial charge in [0.1, 0.15) is 6.61 Å². The summed E-state index contributed by atoms with van der Waals surface area (Å²) in [7, 11) is 0. The fourth-order valence-electron chi connectivity index (χ4n) is 2.46. The van der Waals surface area contributed by atoms with Crippen LogP contribution in [0, 0.1) is 0 Å². The van der Waals surface area contributed by atoms with Gasteiger partial charge in [0.15, 0.2) is 5.78 Å². The quantitative estimate of drug-likeness (QED) is 0.337. The molecule has 0 aromatic heterocycles. The summed E-state index contributed by atoms with van der Waals surface area (Å²) in [6.45, 7) is 2.97. The molecule has 0 heterocycles. The molecule has 24 heavy (non-hydrogen) atoms. The number of carbonyl (C=O) groups excluding carboxylic acids is 2. The minimum Gasteiger partial charge on any atom is -0.461 e. The second-order valence-corrected chi connectivity index (χ2v) is 6.16. The summed E-state index contributed by atoms with van der Waals surface area (Å²) >= 11 is 1.65. The Bertz CT molecular complexity index is 746. The smallest absolute Gasteiger partial charge is 0.302 e. The number of ketones is 1. The van der Waals surface area contributed by atoms with E-state index in [1.165, 1.54) is 13.8 Å². The Labute approximate surface area is 146 Å². The van der Waals surface area contributed by atoms with E-state index >= 15 is 0 Å². The Kier molecular flexibility index (Phi) is 6.38. The highest BCUT2D eigenvalue weighted by molar-refractivity contribution is 7.98. The van der Waals surface area contributed by atoms with Crippen molar-refractivity contribution in [3.05, 3.63) is 65.7 Å². The lowest BCUT2D eigenvalue weighted by atomic mass is 9.92. The number of thioether (sulfide) groups is 1. The summed E-state index contributed by atoms with van der Waals surface area (Å²) in [6.07, 6.45) is 2.01. The fraction of sp³-hybridized carbons (Fsp3) is 0.200. The minimum atomic E-state index is -0.371. The minimum absolute atomic E-state index is 0.0581. The standard InChI is InChI=1S/C20H20O3S/c1-14(21)20(17-7-5-4-6-8-17)19(13-23-15(2)22)16-9-11-18(24-3)12-10-16/h4-12H,13H2,1-3H3/b20-19-. The monoisotopic (exact) mass is 340 g/mol. The van der Waals surface area contributed by atoms with Crippen LogP contribution in [-0.4, -0.2) is 24.6 Å². The van der Waals surface area contributed by atoms with Crippen LogP contribution in [0.4, 0.5) is 0 Å². The first kappa shape index (κ1) is 18.0. The number of hydrogen-bond donors (Lipinski definition) is 0. The van der Waals surface area contributed by atoms with E-state index in [1.54, 1.807) is 11.8 Å². The van der Waals surface area contributed by atoms with Gasteiger partial charge < -0.3 is 4.74 Å². The Balaban J connectivity index is 2.59. The van der Waals surface area contributed by atoms with Crippen LogP contribution in [0.1, 0.15) is 25.0 Å². The van der Waals surface area contributed by atoms with Gasteiger partial charge in [-0.3, -0.25) is 9.59 Å². The number of hydrogen-bond acceptors (Lipinski definition) is 4. The molecule has 0 aliphatic rings. The molecule has 0 bridgehead atoms. The molecule has 0 atom stereocenters. The third kappa shape index (κ3) is 4.59. The van der Waals surface area contributed by atoms with Gasteiger partial charge in [0.05, 0.1) is 0 Å². The average Bonchev–Trinajstić information content (AvgIpc) is 2.59. The van der Waals surface area contributed by atoms with Crippen LogP contribution in [0.2, 0.25) is 0 Å². The Morgan fingerprint density at radius 2 is 1.54 bits per heavy atom. The van der Waals surface area contributed by atoms with Crippen LogP contribution in [0.15, 0.2) is 59.5 Å². The molecular weight excluding hydrogens is 320 g/mol. The summed E-state index contributed by atoms with van der Waals surface area (Å²) in [5.74, 6) is -0.429. The maximum Gasteiger partial charge on any atom is 0.302 e. The third-order valence-corrected chi connectivity index (χ3v) is 4.32. The molecule has 2 aromatic carbocycles. The van der Waals surface area contributed by atoms with E-state index in [0.717, 1.165) is 21.6 Å². The molecule has 0 N–H and O–H groups in total. The Morgan fingerprint density at radius 3 is 2.04 bits per heavy atom. The van der Waals surface area contributed by atoms with Crippen LogP contribution in [0.5, 0.6) is 0 Å². The maximum absolute atomic E-state index is 12.3. The summed E-state index contributed by atoms with van der Waals surface area (Å²) in [5.41, 5.74) is 2.99. The van der Waals surface area contributed by atoms with Crippen molar-refractivity contribution in [2.45, 2.75) is 18.7 Å². The Hall–Kier alpha value is -2.33. The topological polar surface area (TPSA) is 43.4 Å². The normalized spacial score (nSPS) is 11.6. The molecule has 4 heteroatoms. The van der Waals surface area contributed by atoms with E-state index in [-0.39, 0.29) is 18.4 Å². The lowest BCUT2D eigenvalue weighted by Crippen LogP contribution is -2.08. The van der Waals surface area contributed by atoms with Crippen LogP contribution in [0.3, 0.4) is 0 Å². The Morgan fingerprint density at radius 1 is 0.917 bits per heavy atom. The van der Waals surface area contributed by atoms with Crippen LogP contribution in [0.25, 0.3) is 11.1 Å². The van der Waals surface area contributed by atoms with Crippen LogP contribution in [-0.2, 0) is 14.3 Å². The number of carbonyl (C=O) groups is 2. The van der Waals surface area contributed by atoms with Crippen molar-refractivity contribution in [2.75, 3.05) is 12.9 Å². The predicted molar refractivity (Wildman–Crippen MR) is 98.8 cm³/mol. The first-order valence-electron chi connectivity index (χ1n) is 7.60. The average molecular weight is 340 g/mol. The molecule has 0 aliphatic heterocycles. The highest BCUT2D eigenvalue weighted by Gasteiger charge is 2.17. The molecule has 0 saturated heterocycles. The number of allylic oxidation sites excluding steroid dienone is 1. The predicted octanol–water partition coefficient (Wildman–Crippen LogP) is 4.47. The van der Waals surface area contributed by atoms with E-state index < -0.39 is 0 Å². The van der Waals surface area contributed by atoms with Gasteiger partial charge in [-0.2, -0.15) is 0 Å². The zero-order valence-electron chi connectivity index (χ0n) is 14.0. The van der Waals surface area contributed by atoms with Crippen molar-refractivity contribution in [2.24, 2.45) is 0 Å². The van der Waals surface area contributed by atoms with Crippen molar-refractivity contribution in [3.8, 4) is 0 Å². The molecule has 2 rings (SSSR count). The molecule has 3 nitrogen and oxygen atoms in total. The number of benzene rings is 2. The van der Waals surface area contributed by atoms with E-state index in [2.05, 4.69) is 0 Å². The zero-order valence-corrected chi connectivity index (χ0v) is 14.9. The zero-order chi connectivity index (χ0) is 17.5. The molecule has 0 radical (unpaired) electrons. The summed E-state index contributed by atoms with van der Waals surface area (Å²) in [6, 6.07) is 17.4. The molecule has 124 valence electrons. The van der Waals surface area contributed by atoms with Crippen molar-refractivity contribution in [1.29, 1.82) is 0 Å². The van der Waals surface area contributed by atoms with Crippen LogP contribution < -0.4 is 0 Å². The van der Waals surface area contributed by atoms with Crippen molar-refractivity contribution in [3.63, 3.8) is 0 Å². The first-order chi connectivity index (χ1) is 11.5. The lowest BCUT2D eigenvalue weighted by Gasteiger charge is -2.15. The molecule has 0 unspecified atom stereocenters. The number of esters is 1. The van der Waals surface area contributed by atoms with Gasteiger partial charge in [0.25, 0.3) is 0 Å². The summed E-state index contributed by atoms with van der Waals surface area (Å²) < 4.78 is 5.21. The van der Waals surface area contributed by atoms with Gasteiger partial charge >= 0.3 is 5.97 Å². The number of Topliss-reactive ketones (excluding diaryl/α,β-unsaturated/α-hetero) is 1. The van der Waals surface area contributed by atoms with E-state index in [4.69, 9.17) is 4.74 Å². The van der Waals surface area contributed by atoms with Crippen molar-refractivity contribution >= 4 is 34.7 Å². The van der Waals surface area contributed by atoms with Gasteiger partial charge in [0, 0.05) is 23.0 Å². The molecule has 0 spiro atoms. The van der Waals surface area contributed by atoms with Gasteiger partial charge in [-0.25, -0.2) is 0 Å². The van der Waals surface area contributed by atoms with Crippen molar-refractivity contribution < 1.29 is 14.3 Å². The van der Waals surface area contributed by atoms with Crippen molar-refractivity contribution in [1.82, 2.24) is 0 Å². The van der Waals surface area contributed by atoms with E-state index in [9.17, 15) is 9.59 Å². The summed E-state index contributed by atoms with van der Waals surface area (Å²) in [4.78, 5) is 24.7. The summed E-state index contributed by atoms with van der Waals surface area (Å²) in [5, 5.41) is 0. The number of ether oxygens (including phenoxy) is 1. The van der Waals surface area contributed by atoms with Gasteiger partial charge in [-0.1, -0.05) is 42.5 Å². The van der Waals surface area contributed by atoms with Crippen LogP contribution >= 0.6 is 11.8 Å². The highest BCUT2D eigenvalue weighted by Crippen LogP contribution is 2.29. The van der Waals surface area contributed by atoms with Gasteiger partial charge in [0.2, 0.25) is 0 Å². The lowest BCUT2D eigenvalue weighted by molar-refractivity contribution is -0.139. The fourth-order valence-corrected chi connectivity index (χ4v) is 2.87. The SMILES string of the molecule is CSc1ccc(/C(COC(C)=O)=C(/C(C)=O)c2ccccc2)cc1. The molecule has 0 saturated carbocycles. The maximum atomic E-state index is 12.3. The molecule has 0 fully saturated rings. The molecule has 0 aliphatic carbocycles. The third-order valence-electron chi connectivity index (χ3n) is 3.57. The first-order valence-corrected chi connectivity index (χ1v) is 8.82. The van der Waals surface area contributed by atoms with Gasteiger partial charge in [-0.15, -0.1) is 11.8 Å². The number of rotatable bonds is 6. The second kappa shape index (κ2) is 8.50.